The maximum absolute atomic E-state index is 10.8. The molecule has 0 spiro atoms. The Hall–Kier alpha value is -2.40. The van der Waals surface area contributed by atoms with Crippen molar-refractivity contribution in [1.82, 2.24) is 0 Å². The molecule has 1 unspecified atom stereocenters. The number of nitro benzene ring substituents is 1. The minimum Gasteiger partial charge on any atom is -0.387 e. The molecule has 0 aliphatic carbocycles. The number of nitrogens with one attached hydrogen (secondary N) is 1. The first-order valence-electron chi connectivity index (χ1n) is 6.30. The molecule has 104 valence electrons. The van der Waals surface area contributed by atoms with E-state index in [2.05, 4.69) is 5.32 Å². The lowest BCUT2D eigenvalue weighted by atomic mass is 10.1. The SMILES string of the molecule is Cc1ccc([N+](=O)[O-])cc1NCC(O)c1ccccc1. The van der Waals surface area contributed by atoms with Crippen LogP contribution in [0.4, 0.5) is 11.4 Å². The van der Waals surface area contributed by atoms with E-state index in [0.29, 0.717) is 12.2 Å². The van der Waals surface area contributed by atoms with E-state index in [1.54, 1.807) is 6.07 Å². The van der Waals surface area contributed by atoms with Crippen LogP contribution in [-0.4, -0.2) is 16.6 Å². The van der Waals surface area contributed by atoms with Gasteiger partial charge in [0.25, 0.3) is 5.69 Å². The maximum atomic E-state index is 10.8. The molecule has 2 N–H and O–H groups in total. The van der Waals surface area contributed by atoms with Crippen molar-refractivity contribution in [3.63, 3.8) is 0 Å². The average molecular weight is 272 g/mol. The highest BCUT2D eigenvalue weighted by molar-refractivity contribution is 5.56. The van der Waals surface area contributed by atoms with Gasteiger partial charge in [-0.15, -0.1) is 0 Å². The normalized spacial score (nSPS) is 11.9. The van der Waals surface area contributed by atoms with E-state index in [1.807, 2.05) is 37.3 Å². The molecule has 0 saturated heterocycles. The molecule has 0 aliphatic rings. The topological polar surface area (TPSA) is 75.4 Å². The van der Waals surface area contributed by atoms with Crippen molar-refractivity contribution in [2.45, 2.75) is 13.0 Å². The first-order valence-corrected chi connectivity index (χ1v) is 6.30. The molecule has 2 rings (SSSR count). The zero-order valence-corrected chi connectivity index (χ0v) is 11.1. The first kappa shape index (κ1) is 14.0. The number of rotatable bonds is 5. The van der Waals surface area contributed by atoms with Crippen LogP contribution in [0.3, 0.4) is 0 Å². The van der Waals surface area contributed by atoms with Crippen LogP contribution in [-0.2, 0) is 0 Å². The van der Waals surface area contributed by atoms with Gasteiger partial charge >= 0.3 is 0 Å². The lowest BCUT2D eigenvalue weighted by Gasteiger charge is -2.14. The molecule has 0 aromatic heterocycles. The second-order valence-corrected chi connectivity index (χ2v) is 4.56. The standard InChI is InChI=1S/C15H16N2O3/c1-11-7-8-13(17(19)20)9-14(11)16-10-15(18)12-5-3-2-4-6-12/h2-9,15-16,18H,10H2,1H3. The number of aliphatic hydroxyl groups excluding tert-OH is 1. The van der Waals surface area contributed by atoms with Gasteiger partial charge < -0.3 is 10.4 Å². The molecule has 0 aliphatic heterocycles. The van der Waals surface area contributed by atoms with E-state index >= 15 is 0 Å². The number of nitrogens with zero attached hydrogens (tertiary/aromatic N) is 1. The molecule has 1 atom stereocenters. The Balaban J connectivity index is 2.07. The summed E-state index contributed by atoms with van der Waals surface area (Å²) in [4.78, 5) is 10.3. The second kappa shape index (κ2) is 6.16. The maximum Gasteiger partial charge on any atom is 0.271 e. The lowest BCUT2D eigenvalue weighted by molar-refractivity contribution is -0.384. The first-order chi connectivity index (χ1) is 9.58. The summed E-state index contributed by atoms with van der Waals surface area (Å²) < 4.78 is 0. The molecule has 0 fully saturated rings. The van der Waals surface area contributed by atoms with E-state index in [0.717, 1.165) is 11.1 Å². The smallest absolute Gasteiger partial charge is 0.271 e. The molecule has 0 bridgehead atoms. The number of non-ortho nitro benzene ring substituents is 1. The molecule has 5 nitrogen and oxygen atoms in total. The number of hydrogen-bond donors (Lipinski definition) is 2. The van der Waals surface area contributed by atoms with E-state index in [1.165, 1.54) is 12.1 Å². The van der Waals surface area contributed by atoms with Crippen LogP contribution in [0, 0.1) is 17.0 Å². The predicted molar refractivity (Wildman–Crippen MR) is 77.7 cm³/mol. The van der Waals surface area contributed by atoms with Crippen molar-refractivity contribution >= 4 is 11.4 Å². The fraction of sp³-hybridized carbons (Fsp3) is 0.200. The summed E-state index contributed by atoms with van der Waals surface area (Å²) in [5, 5.41) is 23.9. The minimum atomic E-state index is -0.658. The zero-order valence-electron chi connectivity index (χ0n) is 11.1. The third-order valence-electron chi connectivity index (χ3n) is 3.10. The van der Waals surface area contributed by atoms with Crippen LogP contribution in [0.1, 0.15) is 17.2 Å². The van der Waals surface area contributed by atoms with Gasteiger partial charge in [-0.2, -0.15) is 0 Å². The fourth-order valence-corrected chi connectivity index (χ4v) is 1.91. The van der Waals surface area contributed by atoms with Crippen LogP contribution < -0.4 is 5.32 Å². The Morgan fingerprint density at radius 1 is 1.25 bits per heavy atom. The van der Waals surface area contributed by atoms with Crippen molar-refractivity contribution in [3.8, 4) is 0 Å². The summed E-state index contributed by atoms with van der Waals surface area (Å²) in [5.74, 6) is 0. The second-order valence-electron chi connectivity index (χ2n) is 4.56. The van der Waals surface area contributed by atoms with Crippen molar-refractivity contribution < 1.29 is 10.0 Å². The van der Waals surface area contributed by atoms with Gasteiger partial charge in [0, 0.05) is 24.4 Å². The van der Waals surface area contributed by atoms with Gasteiger partial charge in [-0.25, -0.2) is 0 Å². The van der Waals surface area contributed by atoms with Gasteiger partial charge in [0.05, 0.1) is 11.0 Å². The molecular formula is C15H16N2O3. The van der Waals surface area contributed by atoms with Crippen LogP contribution in [0.15, 0.2) is 48.5 Å². The number of hydrogen-bond acceptors (Lipinski definition) is 4. The summed E-state index contributed by atoms with van der Waals surface area (Å²) >= 11 is 0. The largest absolute Gasteiger partial charge is 0.387 e. The highest BCUT2D eigenvalue weighted by Crippen LogP contribution is 2.23. The van der Waals surface area contributed by atoms with E-state index < -0.39 is 11.0 Å². The molecule has 2 aromatic carbocycles. The van der Waals surface area contributed by atoms with Crippen LogP contribution in [0.25, 0.3) is 0 Å². The van der Waals surface area contributed by atoms with Crippen LogP contribution >= 0.6 is 0 Å². The van der Waals surface area contributed by atoms with Gasteiger partial charge in [-0.1, -0.05) is 36.4 Å². The predicted octanol–water partition coefficient (Wildman–Crippen LogP) is 3.05. The lowest BCUT2D eigenvalue weighted by Crippen LogP contribution is -2.12. The fourth-order valence-electron chi connectivity index (χ4n) is 1.91. The quantitative estimate of drug-likeness (QED) is 0.648. The molecular weight excluding hydrogens is 256 g/mol. The third kappa shape index (κ3) is 3.33. The molecule has 0 heterocycles. The summed E-state index contributed by atoms with van der Waals surface area (Å²) in [6.45, 7) is 2.16. The van der Waals surface area contributed by atoms with Crippen molar-refractivity contribution in [2.75, 3.05) is 11.9 Å². The Kier molecular flexibility index (Phi) is 4.32. The van der Waals surface area contributed by atoms with E-state index in [4.69, 9.17) is 0 Å². The third-order valence-corrected chi connectivity index (χ3v) is 3.10. The minimum absolute atomic E-state index is 0.0345. The Morgan fingerprint density at radius 2 is 1.95 bits per heavy atom. The highest BCUT2D eigenvalue weighted by Gasteiger charge is 2.11. The van der Waals surface area contributed by atoms with Crippen LogP contribution in [0.2, 0.25) is 0 Å². The van der Waals surface area contributed by atoms with E-state index in [-0.39, 0.29) is 5.69 Å². The Morgan fingerprint density at radius 3 is 2.60 bits per heavy atom. The number of aryl methyl sites for hydroxylation is 1. The van der Waals surface area contributed by atoms with E-state index in [9.17, 15) is 15.2 Å². The molecule has 0 saturated carbocycles. The summed E-state index contributed by atoms with van der Waals surface area (Å²) in [7, 11) is 0. The molecule has 0 amide bonds. The average Bonchev–Trinajstić information content (AvgIpc) is 2.46. The summed E-state index contributed by atoms with van der Waals surface area (Å²) in [6.07, 6.45) is -0.658. The Bertz CT molecular complexity index is 599. The van der Waals surface area contributed by atoms with Crippen molar-refractivity contribution in [1.29, 1.82) is 0 Å². The molecule has 5 heteroatoms. The van der Waals surface area contributed by atoms with Gasteiger partial charge in [-0.3, -0.25) is 10.1 Å². The van der Waals surface area contributed by atoms with Crippen molar-refractivity contribution in [3.05, 3.63) is 69.8 Å². The summed E-state index contributed by atoms with van der Waals surface area (Å²) in [6, 6.07) is 13.9. The van der Waals surface area contributed by atoms with Crippen molar-refractivity contribution in [2.24, 2.45) is 0 Å². The number of aliphatic hydroxyl groups is 1. The van der Waals surface area contributed by atoms with Gasteiger partial charge in [0.15, 0.2) is 0 Å². The Labute approximate surface area is 117 Å². The number of nitro groups is 1. The summed E-state index contributed by atoms with van der Waals surface area (Å²) in [5.41, 5.74) is 2.40. The van der Waals surface area contributed by atoms with Gasteiger partial charge in [-0.05, 0) is 18.1 Å². The van der Waals surface area contributed by atoms with Crippen LogP contribution in [0.5, 0.6) is 0 Å². The zero-order chi connectivity index (χ0) is 14.5. The molecule has 0 radical (unpaired) electrons. The highest BCUT2D eigenvalue weighted by atomic mass is 16.6. The molecule has 2 aromatic rings. The van der Waals surface area contributed by atoms with Gasteiger partial charge in [0.1, 0.15) is 0 Å². The van der Waals surface area contributed by atoms with Gasteiger partial charge in [0.2, 0.25) is 0 Å². The number of anilines is 1. The molecule has 20 heavy (non-hydrogen) atoms. The monoisotopic (exact) mass is 272 g/mol. The number of benzene rings is 2.